The topological polar surface area (TPSA) is 147 Å². The number of aromatic nitrogens is 13. The number of H-pyrrole nitrogens is 1. The van der Waals surface area contributed by atoms with E-state index < -0.39 is 0 Å². The predicted molar refractivity (Wildman–Crippen MR) is 321 cm³/mol. The molecule has 15 rings (SSSR count). The van der Waals surface area contributed by atoms with Gasteiger partial charge in [0, 0.05) is 125 Å². The Balaban J connectivity index is 0.000000147. The van der Waals surface area contributed by atoms with E-state index in [0.29, 0.717) is 5.82 Å². The molecule has 0 spiro atoms. The number of hydrogen-bond acceptors (Lipinski definition) is 9. The molecule has 1 N–H and O–H groups in total. The minimum absolute atomic E-state index is 0. The molecule has 0 unspecified atom stereocenters. The molecule has 86 heavy (non-hydrogen) atoms. The molecule has 0 amide bonds. The van der Waals surface area contributed by atoms with Crippen molar-refractivity contribution >= 4 is 0 Å². The first-order valence-corrected chi connectivity index (χ1v) is 26.9. The maximum absolute atomic E-state index is 4.38. The van der Waals surface area contributed by atoms with Crippen molar-refractivity contribution in [2.45, 2.75) is 38.5 Å². The van der Waals surface area contributed by atoms with E-state index in [1.54, 1.807) is 39.1 Å². The molecule has 0 aliphatic heterocycles. The summed E-state index contributed by atoms with van der Waals surface area (Å²) in [7, 11) is 3.74. The van der Waals surface area contributed by atoms with Gasteiger partial charge in [0.05, 0.1) is 23.0 Å². The third kappa shape index (κ3) is 13.5. The van der Waals surface area contributed by atoms with Crippen molar-refractivity contribution in [3.8, 4) is 95.6 Å². The van der Waals surface area contributed by atoms with Crippen molar-refractivity contribution in [2.24, 2.45) is 14.1 Å². The van der Waals surface area contributed by atoms with Gasteiger partial charge in [-0.3, -0.25) is 29.4 Å². The van der Waals surface area contributed by atoms with Crippen molar-refractivity contribution in [2.75, 3.05) is 0 Å². The normalized spacial score (nSPS) is 12.1. The van der Waals surface area contributed by atoms with Gasteiger partial charge in [-0.15, -0.1) is 124 Å². The average molecular weight is 1840 g/mol. The van der Waals surface area contributed by atoms with Gasteiger partial charge < -0.3 is 0 Å². The summed E-state index contributed by atoms with van der Waals surface area (Å²) in [5.74, 6) is 1.43. The van der Waals surface area contributed by atoms with Crippen molar-refractivity contribution < 1.29 is 81.4 Å². The Bertz CT molecular complexity index is 4340. The number of hydrogen-bond donors (Lipinski definition) is 1. The van der Waals surface area contributed by atoms with E-state index >= 15 is 0 Å². The van der Waals surface area contributed by atoms with Crippen LogP contribution >= 0.6 is 0 Å². The summed E-state index contributed by atoms with van der Waals surface area (Å²) in [5, 5.41) is 27.7. The third-order valence-electron chi connectivity index (χ3n) is 14.9. The van der Waals surface area contributed by atoms with Crippen LogP contribution in [0.2, 0.25) is 0 Å². The fraction of sp³-hybridized carbons (Fsp3) is 0.116. The zero-order chi connectivity index (χ0) is 56.2. The number of aromatic amines is 1. The molecule has 437 valence electrons. The fourth-order valence-electron chi connectivity index (χ4n) is 10.6. The van der Waals surface area contributed by atoms with Crippen molar-refractivity contribution in [3.05, 3.63) is 266 Å². The summed E-state index contributed by atoms with van der Waals surface area (Å²) in [6, 6.07) is 76.8. The number of rotatable bonds is 7. The van der Waals surface area contributed by atoms with Gasteiger partial charge in [0.2, 0.25) is 0 Å². The Morgan fingerprint density at radius 1 is 0.442 bits per heavy atom. The maximum atomic E-state index is 4.38. The number of benzene rings is 8. The Kier molecular flexibility index (Phi) is 20.9. The molecule has 0 saturated heterocycles. The quantitative estimate of drug-likeness (QED) is 0.154. The molecule has 17 heteroatoms. The molecule has 5 aromatic heterocycles. The van der Waals surface area contributed by atoms with Crippen molar-refractivity contribution in [1.82, 2.24) is 64.9 Å². The van der Waals surface area contributed by atoms with E-state index in [1.165, 1.54) is 50.1 Å². The van der Waals surface area contributed by atoms with E-state index in [9.17, 15) is 0 Å². The van der Waals surface area contributed by atoms with Crippen LogP contribution in [0.4, 0.5) is 0 Å². The number of nitrogens with zero attached hydrogens (tertiary/aromatic N) is 12. The first-order valence-electron chi connectivity index (χ1n) is 26.9. The Morgan fingerprint density at radius 3 is 1.52 bits per heavy atom. The van der Waals surface area contributed by atoms with Crippen LogP contribution in [0, 0.1) is 24.3 Å². The summed E-state index contributed by atoms with van der Waals surface area (Å²) in [6.07, 6.45) is 8.91. The molecule has 0 saturated carbocycles. The van der Waals surface area contributed by atoms with E-state index in [4.69, 9.17) is 0 Å². The first-order chi connectivity index (χ1) is 40.0. The summed E-state index contributed by atoms with van der Waals surface area (Å²) < 4.78 is 5.17. The number of para-hydroxylation sites is 1. The van der Waals surface area contributed by atoms with Crippen LogP contribution in [0.1, 0.15) is 49.9 Å². The zero-order valence-electron chi connectivity index (χ0n) is 47.5. The monoisotopic (exact) mass is 1840 g/mol. The third-order valence-corrected chi connectivity index (χ3v) is 14.9. The fourth-order valence-corrected chi connectivity index (χ4v) is 10.6. The minimum atomic E-state index is 0. The van der Waals surface area contributed by atoms with Gasteiger partial charge in [-0.05, 0) is 51.8 Å². The Hall–Kier alpha value is -7.89. The molecule has 8 aromatic carbocycles. The zero-order valence-corrected chi connectivity index (χ0v) is 56.9. The van der Waals surface area contributed by atoms with Crippen LogP contribution in [-0.4, -0.2) is 64.9 Å². The second kappa shape index (κ2) is 28.1. The molecule has 3 radical (unpaired) electrons. The van der Waals surface area contributed by atoms with E-state index in [-0.39, 0.29) is 92.2 Å². The standard InChI is InChI=1S/C19H13N4.C18H16N3.C17H14N3.C15H12N3.3Ir.Pt/c1-2-9-17(10-3-1)23-14-19(21-22-23)16-8-6-7-15(13-16)18-11-4-5-12-20-18;1-18(2)15-7-5-4-6-13(15)14-9-8-12(10-16(14)18)17-19-11-21(3)20-17;1-17(2)14-6-4-3-5-12(14)13-8-7-11(9-15(13)17)16-10-18-20-19-16;1-18-11-16-15(17-18)14-9-5-8-13(10-14)12-6-3-2-4-7-12;;;;/h1-7,9-14H;4-7,9-11H,1-3H3;3-6,8-10H,1-2H3,(H,18,19,20);2-8,10-11H,1H3;;;;/q4*-1;;;;. The summed E-state index contributed by atoms with van der Waals surface area (Å²) >= 11 is 0. The summed E-state index contributed by atoms with van der Waals surface area (Å²) in [5.41, 5.74) is 21.2. The summed E-state index contributed by atoms with van der Waals surface area (Å²) in [6.45, 7) is 9.08. The largest absolute Gasteiger partial charge is 0.275 e. The maximum Gasteiger partial charge on any atom is 0.102 e. The van der Waals surface area contributed by atoms with Crippen LogP contribution in [0.15, 0.2) is 219 Å². The molecule has 2 aliphatic carbocycles. The van der Waals surface area contributed by atoms with Crippen LogP contribution < -0.4 is 0 Å². The van der Waals surface area contributed by atoms with Crippen LogP contribution in [-0.2, 0) is 106 Å². The average Bonchev–Trinajstić information content (AvgIpc) is 2.83. The van der Waals surface area contributed by atoms with Crippen LogP contribution in [0.5, 0.6) is 0 Å². The molecule has 2 aliphatic rings. The SMILES string of the molecule is CC1(C)c2ccccc2-c2c[c-]c(-c3c[nH]nn3)cc21.Cn1cnc(-c2[c-]cc3c(c2)C(C)(C)c2ccccc2-3)n1.Cn1cnc(-c2[c-]ccc(-c3ccccc3)c2)n1.[Ir].[Ir].[Ir].[Pt].[c-]1ccc(-c2ccccn2)cc1-c1cn(-c2ccccc2)nn1. The Labute approximate surface area is 555 Å². The number of aryl methyl sites for hydroxylation is 2. The second-order valence-electron chi connectivity index (χ2n) is 21.0. The van der Waals surface area contributed by atoms with E-state index in [1.807, 2.05) is 117 Å². The molecular weight excluding hydrogens is 1780 g/mol. The molecular formula is C69H55Ir3N13Pt-4. The predicted octanol–water partition coefficient (Wildman–Crippen LogP) is 13.9. The smallest absolute Gasteiger partial charge is 0.102 e. The number of pyridine rings is 1. The van der Waals surface area contributed by atoms with Gasteiger partial charge in [-0.1, -0.05) is 169 Å². The van der Waals surface area contributed by atoms with Gasteiger partial charge in [-0.25, -0.2) is 14.9 Å². The molecule has 5 heterocycles. The number of nitrogens with one attached hydrogen (secondary N) is 1. The first kappa shape index (κ1) is 64.1. The molecule has 0 atom stereocenters. The van der Waals surface area contributed by atoms with Crippen LogP contribution in [0.25, 0.3) is 95.6 Å². The van der Waals surface area contributed by atoms with Crippen molar-refractivity contribution in [3.63, 3.8) is 0 Å². The van der Waals surface area contributed by atoms with Gasteiger partial charge in [-0.2, -0.15) is 10.2 Å². The summed E-state index contributed by atoms with van der Waals surface area (Å²) in [4.78, 5) is 13.0. The molecule has 0 fully saturated rings. The van der Waals surface area contributed by atoms with Gasteiger partial charge in [0.15, 0.2) is 0 Å². The van der Waals surface area contributed by atoms with Crippen molar-refractivity contribution in [1.29, 1.82) is 0 Å². The van der Waals surface area contributed by atoms with Crippen LogP contribution in [0.3, 0.4) is 0 Å². The second-order valence-corrected chi connectivity index (χ2v) is 21.0. The molecule has 13 nitrogen and oxygen atoms in total. The van der Waals surface area contributed by atoms with Gasteiger partial charge in [0.1, 0.15) is 12.7 Å². The van der Waals surface area contributed by atoms with E-state index in [2.05, 4.69) is 194 Å². The number of fused-ring (bicyclic) bond motifs is 6. The minimum Gasteiger partial charge on any atom is -0.275 e. The van der Waals surface area contributed by atoms with Gasteiger partial charge in [0.25, 0.3) is 0 Å². The van der Waals surface area contributed by atoms with E-state index in [0.717, 1.165) is 62.0 Å². The Morgan fingerprint density at radius 2 is 0.953 bits per heavy atom. The molecule has 0 bridgehead atoms. The molecule has 13 aromatic rings. The van der Waals surface area contributed by atoms with Gasteiger partial charge >= 0.3 is 0 Å².